The minimum absolute atomic E-state index is 0.200. The third kappa shape index (κ3) is 6.43. The second kappa shape index (κ2) is 9.08. The normalized spacial score (nSPS) is 19.2. The van der Waals surface area contributed by atoms with Crippen LogP contribution in [0.3, 0.4) is 0 Å². The van der Waals surface area contributed by atoms with Crippen LogP contribution in [0.25, 0.3) is 0 Å². The lowest BCUT2D eigenvalue weighted by Gasteiger charge is -2.33. The number of carbonyl (C=O) groups excluding carboxylic acids is 2. The monoisotopic (exact) mass is 378 g/mol. The van der Waals surface area contributed by atoms with Crippen LogP contribution < -0.4 is 0 Å². The Morgan fingerprint density at radius 3 is 2.41 bits per heavy atom. The summed E-state index contributed by atoms with van der Waals surface area (Å²) >= 11 is 0. The van der Waals surface area contributed by atoms with Crippen molar-refractivity contribution < 1.29 is 24.2 Å². The zero-order chi connectivity index (χ0) is 20.0. The Kier molecular flexibility index (Phi) is 7.07. The third-order valence-corrected chi connectivity index (χ3v) is 4.35. The van der Waals surface area contributed by atoms with E-state index in [1.165, 1.54) is 4.90 Å². The maximum atomic E-state index is 12.5. The minimum atomic E-state index is -0.724. The van der Waals surface area contributed by atoms with E-state index in [9.17, 15) is 14.7 Å². The number of hydrogen-bond acceptors (Lipinski definition) is 5. The van der Waals surface area contributed by atoms with Crippen molar-refractivity contribution >= 4 is 12.2 Å². The first-order valence-electron chi connectivity index (χ1n) is 9.30. The fourth-order valence-corrected chi connectivity index (χ4v) is 2.99. The maximum Gasteiger partial charge on any atom is 0.410 e. The van der Waals surface area contributed by atoms with Gasteiger partial charge in [-0.15, -0.1) is 0 Å². The van der Waals surface area contributed by atoms with Crippen LogP contribution in [0.4, 0.5) is 9.59 Å². The summed E-state index contributed by atoms with van der Waals surface area (Å²) in [6, 6.07) is 9.06. The Morgan fingerprint density at radius 1 is 1.15 bits per heavy atom. The molecular weight excluding hydrogens is 348 g/mol. The molecule has 7 heteroatoms. The van der Waals surface area contributed by atoms with Crippen molar-refractivity contribution in [1.82, 2.24) is 9.80 Å². The number of aliphatic hydroxyl groups is 1. The van der Waals surface area contributed by atoms with E-state index in [0.29, 0.717) is 19.5 Å². The van der Waals surface area contributed by atoms with Crippen LogP contribution in [0.1, 0.15) is 39.7 Å². The molecule has 1 aliphatic rings. The van der Waals surface area contributed by atoms with Crippen molar-refractivity contribution in [3.05, 3.63) is 35.9 Å². The van der Waals surface area contributed by atoms with Gasteiger partial charge in [0.1, 0.15) is 12.2 Å². The molecule has 1 fully saturated rings. The van der Waals surface area contributed by atoms with Gasteiger partial charge in [0.15, 0.2) is 0 Å². The molecule has 27 heavy (non-hydrogen) atoms. The van der Waals surface area contributed by atoms with Crippen LogP contribution in [-0.4, -0.2) is 64.5 Å². The van der Waals surface area contributed by atoms with E-state index in [4.69, 9.17) is 9.47 Å². The van der Waals surface area contributed by atoms with Crippen molar-refractivity contribution in [1.29, 1.82) is 0 Å². The summed E-state index contributed by atoms with van der Waals surface area (Å²) in [5.74, 6) is 0. The summed E-state index contributed by atoms with van der Waals surface area (Å²) in [4.78, 5) is 28.0. The van der Waals surface area contributed by atoms with E-state index in [1.54, 1.807) is 32.6 Å². The quantitative estimate of drug-likeness (QED) is 0.875. The molecule has 1 aromatic rings. The number of benzene rings is 1. The number of ether oxygens (including phenoxy) is 2. The van der Waals surface area contributed by atoms with E-state index in [0.717, 1.165) is 5.56 Å². The number of aliphatic hydroxyl groups excluding tert-OH is 1. The van der Waals surface area contributed by atoms with Gasteiger partial charge in [-0.1, -0.05) is 30.3 Å². The van der Waals surface area contributed by atoms with Crippen LogP contribution >= 0.6 is 0 Å². The molecule has 1 saturated heterocycles. The standard InChI is InChI=1S/C20H30N2O5/c1-15(23)17-10-11-21(12-13-22(17)19(25)27-20(2,3)4)18(24)26-14-16-8-6-5-7-9-16/h5-9,15,17,23H,10-14H2,1-4H3/t15-,17-/m1/s1. The molecule has 2 amide bonds. The van der Waals surface area contributed by atoms with Crippen molar-refractivity contribution in [3.63, 3.8) is 0 Å². The van der Waals surface area contributed by atoms with E-state index >= 15 is 0 Å². The minimum Gasteiger partial charge on any atom is -0.445 e. The molecule has 1 N–H and O–H groups in total. The van der Waals surface area contributed by atoms with Crippen molar-refractivity contribution in [3.8, 4) is 0 Å². The average Bonchev–Trinajstić information content (AvgIpc) is 2.82. The first-order valence-corrected chi connectivity index (χ1v) is 9.30. The summed E-state index contributed by atoms with van der Waals surface area (Å²) < 4.78 is 10.8. The number of carbonyl (C=O) groups is 2. The summed E-state index contributed by atoms with van der Waals surface area (Å²) in [6.07, 6.45) is -1.17. The fraction of sp³-hybridized carbons (Fsp3) is 0.600. The molecule has 0 spiro atoms. The molecule has 150 valence electrons. The lowest BCUT2D eigenvalue weighted by atomic mass is 10.1. The fourth-order valence-electron chi connectivity index (χ4n) is 2.99. The average molecular weight is 378 g/mol. The topological polar surface area (TPSA) is 79.3 Å². The number of amides is 2. The largest absolute Gasteiger partial charge is 0.445 e. The van der Waals surface area contributed by atoms with E-state index in [2.05, 4.69) is 0 Å². The summed E-state index contributed by atoms with van der Waals surface area (Å²) in [5.41, 5.74) is 0.291. The molecule has 2 atom stereocenters. The van der Waals surface area contributed by atoms with Gasteiger partial charge in [-0.05, 0) is 39.7 Å². The second-order valence-corrected chi connectivity index (χ2v) is 7.80. The Bertz CT molecular complexity index is 627. The summed E-state index contributed by atoms with van der Waals surface area (Å²) in [6.45, 7) is 8.26. The predicted molar refractivity (Wildman–Crippen MR) is 101 cm³/mol. The Hall–Kier alpha value is -2.28. The number of rotatable bonds is 3. The highest BCUT2D eigenvalue weighted by Gasteiger charge is 2.34. The van der Waals surface area contributed by atoms with Crippen LogP contribution in [0, 0.1) is 0 Å². The Labute approximate surface area is 160 Å². The summed E-state index contributed by atoms with van der Waals surface area (Å²) in [5, 5.41) is 10.1. The van der Waals surface area contributed by atoms with Crippen LogP contribution in [-0.2, 0) is 16.1 Å². The molecule has 0 bridgehead atoms. The molecule has 0 aromatic heterocycles. The van der Waals surface area contributed by atoms with Gasteiger partial charge in [0.05, 0.1) is 12.1 Å². The summed E-state index contributed by atoms with van der Waals surface area (Å²) in [7, 11) is 0. The zero-order valence-corrected chi connectivity index (χ0v) is 16.6. The highest BCUT2D eigenvalue weighted by molar-refractivity contribution is 5.70. The van der Waals surface area contributed by atoms with E-state index in [-0.39, 0.29) is 13.2 Å². The molecule has 1 heterocycles. The van der Waals surface area contributed by atoms with Crippen molar-refractivity contribution in [2.75, 3.05) is 19.6 Å². The van der Waals surface area contributed by atoms with Gasteiger partial charge in [0, 0.05) is 19.6 Å². The molecule has 0 radical (unpaired) electrons. The number of nitrogens with zero attached hydrogens (tertiary/aromatic N) is 2. The molecule has 7 nitrogen and oxygen atoms in total. The second-order valence-electron chi connectivity index (χ2n) is 7.80. The molecule has 1 aromatic carbocycles. The molecule has 0 unspecified atom stereocenters. The van der Waals surface area contributed by atoms with Gasteiger partial charge in [-0.25, -0.2) is 9.59 Å². The molecular formula is C20H30N2O5. The van der Waals surface area contributed by atoms with Gasteiger partial charge in [0.25, 0.3) is 0 Å². The number of hydrogen-bond donors (Lipinski definition) is 1. The predicted octanol–water partition coefficient (Wildman–Crippen LogP) is 3.02. The molecule has 2 rings (SSSR count). The zero-order valence-electron chi connectivity index (χ0n) is 16.6. The van der Waals surface area contributed by atoms with Gasteiger partial charge in [-0.2, -0.15) is 0 Å². The molecule has 1 aliphatic heterocycles. The highest BCUT2D eigenvalue weighted by Crippen LogP contribution is 2.19. The first-order chi connectivity index (χ1) is 12.7. The van der Waals surface area contributed by atoms with Gasteiger partial charge in [0.2, 0.25) is 0 Å². The smallest absolute Gasteiger partial charge is 0.410 e. The van der Waals surface area contributed by atoms with Crippen LogP contribution in [0.2, 0.25) is 0 Å². The Morgan fingerprint density at radius 2 is 1.81 bits per heavy atom. The highest BCUT2D eigenvalue weighted by atomic mass is 16.6. The SMILES string of the molecule is C[C@@H](O)[C@H]1CCN(C(=O)OCc2ccccc2)CCN1C(=O)OC(C)(C)C. The molecule has 0 saturated carbocycles. The van der Waals surface area contributed by atoms with Gasteiger partial charge in [-0.3, -0.25) is 0 Å². The lowest BCUT2D eigenvalue weighted by molar-refractivity contribution is -0.000979. The van der Waals surface area contributed by atoms with Gasteiger partial charge >= 0.3 is 12.2 Å². The van der Waals surface area contributed by atoms with E-state index < -0.39 is 29.9 Å². The van der Waals surface area contributed by atoms with Crippen LogP contribution in [0.5, 0.6) is 0 Å². The first kappa shape index (κ1) is 21.0. The third-order valence-electron chi connectivity index (χ3n) is 4.35. The van der Waals surface area contributed by atoms with Crippen molar-refractivity contribution in [2.45, 2.75) is 58.5 Å². The van der Waals surface area contributed by atoms with Crippen molar-refractivity contribution in [2.24, 2.45) is 0 Å². The molecule has 0 aliphatic carbocycles. The van der Waals surface area contributed by atoms with E-state index in [1.807, 2.05) is 30.3 Å². The maximum absolute atomic E-state index is 12.5. The van der Waals surface area contributed by atoms with Crippen LogP contribution in [0.15, 0.2) is 30.3 Å². The lowest BCUT2D eigenvalue weighted by Crippen LogP contribution is -2.48. The van der Waals surface area contributed by atoms with Gasteiger partial charge < -0.3 is 24.4 Å². The Balaban J connectivity index is 1.98.